The molecular formula is C20H27NO4. The van der Waals surface area contributed by atoms with Crippen molar-refractivity contribution in [2.45, 2.75) is 45.4 Å². The van der Waals surface area contributed by atoms with E-state index in [1.54, 1.807) is 19.0 Å². The number of carbonyl (C=O) groups is 3. The number of aryl methyl sites for hydroxylation is 1. The van der Waals surface area contributed by atoms with Crippen LogP contribution in [-0.2, 0) is 27.2 Å². The van der Waals surface area contributed by atoms with E-state index in [2.05, 4.69) is 0 Å². The molecule has 1 amide bonds. The monoisotopic (exact) mass is 345 g/mol. The maximum Gasteiger partial charge on any atom is 0.313 e. The van der Waals surface area contributed by atoms with Crippen molar-refractivity contribution in [1.29, 1.82) is 0 Å². The molecule has 136 valence electrons. The van der Waals surface area contributed by atoms with E-state index in [0.29, 0.717) is 25.0 Å². The number of fused-ring (bicyclic) bond motifs is 1. The first kappa shape index (κ1) is 19.2. The molecule has 0 saturated heterocycles. The van der Waals surface area contributed by atoms with E-state index in [1.165, 1.54) is 0 Å². The zero-order valence-electron chi connectivity index (χ0n) is 15.3. The van der Waals surface area contributed by atoms with Crippen LogP contribution in [0.25, 0.3) is 0 Å². The van der Waals surface area contributed by atoms with Gasteiger partial charge in [0.1, 0.15) is 12.2 Å². The van der Waals surface area contributed by atoms with Gasteiger partial charge in [-0.15, -0.1) is 0 Å². The molecule has 1 atom stereocenters. The smallest absolute Gasteiger partial charge is 0.313 e. The summed E-state index contributed by atoms with van der Waals surface area (Å²) >= 11 is 0. The molecule has 1 aromatic carbocycles. The van der Waals surface area contributed by atoms with Gasteiger partial charge in [0, 0.05) is 25.6 Å². The highest BCUT2D eigenvalue weighted by Crippen LogP contribution is 2.28. The first-order valence-electron chi connectivity index (χ1n) is 8.94. The number of ketones is 1. The summed E-state index contributed by atoms with van der Waals surface area (Å²) in [5.41, 5.74) is 2.90. The highest BCUT2D eigenvalue weighted by Gasteiger charge is 2.27. The van der Waals surface area contributed by atoms with Crippen LogP contribution in [0.5, 0.6) is 0 Å². The minimum absolute atomic E-state index is 0.0178. The lowest BCUT2D eigenvalue weighted by Gasteiger charge is -2.24. The Morgan fingerprint density at radius 3 is 2.64 bits per heavy atom. The molecular weight excluding hydrogens is 318 g/mol. The second kappa shape index (κ2) is 8.79. The Labute approximate surface area is 149 Å². The lowest BCUT2D eigenvalue weighted by atomic mass is 9.80. The third-order valence-corrected chi connectivity index (χ3v) is 4.62. The van der Waals surface area contributed by atoms with Gasteiger partial charge in [-0.25, -0.2) is 0 Å². The van der Waals surface area contributed by atoms with Gasteiger partial charge >= 0.3 is 5.97 Å². The number of ether oxygens (including phenoxy) is 1. The SMILES string of the molecule is CCCCOC(=O)CC(=O)C1CCc2cc(C(=O)N(C)C)ccc2C1. The molecule has 5 heteroatoms. The molecule has 5 nitrogen and oxygen atoms in total. The molecule has 25 heavy (non-hydrogen) atoms. The molecule has 0 saturated carbocycles. The molecule has 0 N–H and O–H groups in total. The van der Waals surface area contributed by atoms with Crippen LogP contribution in [0.1, 0.15) is 54.1 Å². The minimum Gasteiger partial charge on any atom is -0.465 e. The molecule has 1 unspecified atom stereocenters. The fourth-order valence-electron chi connectivity index (χ4n) is 3.09. The molecule has 1 aliphatic carbocycles. The predicted octanol–water partition coefficient (Wildman–Crippen LogP) is 2.80. The molecule has 0 fully saturated rings. The Hall–Kier alpha value is -2.17. The average molecular weight is 345 g/mol. The van der Waals surface area contributed by atoms with E-state index in [1.807, 2.05) is 25.1 Å². The van der Waals surface area contributed by atoms with Crippen molar-refractivity contribution in [1.82, 2.24) is 4.90 Å². The van der Waals surface area contributed by atoms with Crippen molar-refractivity contribution in [3.05, 3.63) is 34.9 Å². The van der Waals surface area contributed by atoms with Crippen LogP contribution in [0.2, 0.25) is 0 Å². The van der Waals surface area contributed by atoms with E-state index in [4.69, 9.17) is 4.74 Å². The number of esters is 1. The van der Waals surface area contributed by atoms with E-state index in [-0.39, 0.29) is 24.0 Å². The van der Waals surface area contributed by atoms with Crippen molar-refractivity contribution < 1.29 is 19.1 Å². The Morgan fingerprint density at radius 1 is 1.20 bits per heavy atom. The lowest BCUT2D eigenvalue weighted by molar-refractivity contribution is -0.147. The van der Waals surface area contributed by atoms with Crippen LogP contribution in [0, 0.1) is 5.92 Å². The topological polar surface area (TPSA) is 63.7 Å². The van der Waals surface area contributed by atoms with Crippen LogP contribution in [0.15, 0.2) is 18.2 Å². The summed E-state index contributed by atoms with van der Waals surface area (Å²) in [6.45, 7) is 2.41. The summed E-state index contributed by atoms with van der Waals surface area (Å²) < 4.78 is 5.08. The third kappa shape index (κ3) is 5.15. The normalized spacial score (nSPS) is 16.0. The van der Waals surface area contributed by atoms with Crippen molar-refractivity contribution in [2.75, 3.05) is 20.7 Å². The van der Waals surface area contributed by atoms with Gasteiger partial charge < -0.3 is 9.64 Å². The number of hydrogen-bond donors (Lipinski definition) is 0. The van der Waals surface area contributed by atoms with Crippen molar-refractivity contribution in [3.63, 3.8) is 0 Å². The van der Waals surface area contributed by atoms with E-state index >= 15 is 0 Å². The van der Waals surface area contributed by atoms with Crippen molar-refractivity contribution in [3.8, 4) is 0 Å². The number of amides is 1. The molecule has 0 spiro atoms. The van der Waals surface area contributed by atoms with Crippen LogP contribution in [-0.4, -0.2) is 43.3 Å². The first-order chi connectivity index (χ1) is 11.9. The Balaban J connectivity index is 1.95. The number of benzene rings is 1. The summed E-state index contributed by atoms with van der Waals surface area (Å²) in [7, 11) is 3.46. The van der Waals surface area contributed by atoms with E-state index in [0.717, 1.165) is 30.4 Å². The van der Waals surface area contributed by atoms with Gasteiger partial charge in [-0.2, -0.15) is 0 Å². The van der Waals surface area contributed by atoms with Gasteiger partial charge in [-0.05, 0) is 48.9 Å². The van der Waals surface area contributed by atoms with Crippen LogP contribution in [0.4, 0.5) is 0 Å². The number of unbranched alkanes of at least 4 members (excludes halogenated alkanes) is 1. The predicted molar refractivity (Wildman–Crippen MR) is 95.5 cm³/mol. The molecule has 2 rings (SSSR count). The maximum atomic E-state index is 12.4. The zero-order chi connectivity index (χ0) is 18.4. The molecule has 1 aliphatic rings. The van der Waals surface area contributed by atoms with Gasteiger partial charge in [0.2, 0.25) is 0 Å². The molecule has 0 radical (unpaired) electrons. The largest absolute Gasteiger partial charge is 0.465 e. The molecule has 1 aromatic rings. The fraction of sp³-hybridized carbons (Fsp3) is 0.550. The number of carbonyl (C=O) groups excluding carboxylic acids is 3. The Morgan fingerprint density at radius 2 is 1.96 bits per heavy atom. The molecule has 0 heterocycles. The van der Waals surface area contributed by atoms with Gasteiger partial charge in [0.05, 0.1) is 6.61 Å². The zero-order valence-corrected chi connectivity index (χ0v) is 15.3. The average Bonchev–Trinajstić information content (AvgIpc) is 2.60. The van der Waals surface area contributed by atoms with Crippen LogP contribution >= 0.6 is 0 Å². The molecule has 0 aromatic heterocycles. The van der Waals surface area contributed by atoms with Crippen molar-refractivity contribution in [2.24, 2.45) is 5.92 Å². The van der Waals surface area contributed by atoms with Gasteiger partial charge in [0.25, 0.3) is 5.91 Å². The Kier molecular flexibility index (Phi) is 6.73. The fourth-order valence-corrected chi connectivity index (χ4v) is 3.09. The molecule has 0 bridgehead atoms. The second-order valence-corrected chi connectivity index (χ2v) is 6.84. The highest BCUT2D eigenvalue weighted by atomic mass is 16.5. The van der Waals surface area contributed by atoms with E-state index < -0.39 is 5.97 Å². The lowest BCUT2D eigenvalue weighted by Crippen LogP contribution is -2.26. The number of Topliss-reactive ketones (excluding diaryl/α,β-unsaturated/α-hetero) is 1. The minimum atomic E-state index is -0.420. The molecule has 0 aliphatic heterocycles. The van der Waals surface area contributed by atoms with Crippen LogP contribution in [0.3, 0.4) is 0 Å². The Bertz CT molecular complexity index is 651. The van der Waals surface area contributed by atoms with Gasteiger partial charge in [0.15, 0.2) is 0 Å². The standard InChI is InChI=1S/C20H27NO4/c1-4-5-10-25-19(23)13-18(22)16-8-6-15-12-17(20(24)21(2)3)9-7-14(15)11-16/h7,9,12,16H,4-6,8,10-11,13H2,1-3H3. The van der Waals surface area contributed by atoms with Crippen LogP contribution < -0.4 is 0 Å². The van der Waals surface area contributed by atoms with Gasteiger partial charge in [-0.3, -0.25) is 14.4 Å². The summed E-state index contributed by atoms with van der Waals surface area (Å²) in [5.74, 6) is -0.616. The first-order valence-corrected chi connectivity index (χ1v) is 8.94. The van der Waals surface area contributed by atoms with E-state index in [9.17, 15) is 14.4 Å². The highest BCUT2D eigenvalue weighted by molar-refractivity contribution is 5.97. The number of nitrogens with zero attached hydrogens (tertiary/aromatic N) is 1. The second-order valence-electron chi connectivity index (χ2n) is 6.84. The van der Waals surface area contributed by atoms with Crippen molar-refractivity contribution >= 4 is 17.7 Å². The summed E-state index contributed by atoms with van der Waals surface area (Å²) in [6, 6.07) is 5.68. The third-order valence-electron chi connectivity index (χ3n) is 4.62. The summed E-state index contributed by atoms with van der Waals surface area (Å²) in [6.07, 6.45) is 3.75. The summed E-state index contributed by atoms with van der Waals surface area (Å²) in [4.78, 5) is 37.7. The number of hydrogen-bond acceptors (Lipinski definition) is 4. The maximum absolute atomic E-state index is 12.4. The quantitative estimate of drug-likeness (QED) is 0.433. The summed E-state index contributed by atoms with van der Waals surface area (Å²) in [5, 5.41) is 0. The number of rotatable bonds is 7. The van der Waals surface area contributed by atoms with Gasteiger partial charge in [-0.1, -0.05) is 19.4 Å².